The van der Waals surface area contributed by atoms with Gasteiger partial charge in [-0.3, -0.25) is 4.79 Å². The van der Waals surface area contributed by atoms with Crippen molar-refractivity contribution in [1.82, 2.24) is 19.6 Å². The molecule has 2 aromatic carbocycles. The van der Waals surface area contributed by atoms with E-state index in [1.807, 2.05) is 0 Å². The molecule has 2 N–H and O–H groups in total. The summed E-state index contributed by atoms with van der Waals surface area (Å²) < 4.78 is 79.4. The summed E-state index contributed by atoms with van der Waals surface area (Å²) in [7, 11) is -4.04. The maximum atomic E-state index is 13.3. The van der Waals surface area contributed by atoms with E-state index in [0.717, 1.165) is 40.7 Å². The Morgan fingerprint density at radius 3 is 2.44 bits per heavy atom. The Kier molecular flexibility index (Phi) is 8.17. The molecule has 1 atom stereocenters. The van der Waals surface area contributed by atoms with E-state index in [1.54, 1.807) is 0 Å². The van der Waals surface area contributed by atoms with Gasteiger partial charge in [-0.2, -0.15) is 17.5 Å². The van der Waals surface area contributed by atoms with E-state index in [-0.39, 0.29) is 30.5 Å². The number of nitrogens with one attached hydrogen (secondary N) is 2. The molecular formula is C26H23F4N5O3S. The SMILES string of the molecule is C#CCNc1nc(CNC(=O)C2CCCN2S(=O)(=O)c2ccc(F)cc2)cc(-c2ccc(C(F)(F)F)cc2)n1. The number of hydrogen-bond acceptors (Lipinski definition) is 6. The molecule has 39 heavy (non-hydrogen) atoms. The van der Waals surface area contributed by atoms with Crippen molar-refractivity contribution in [3.05, 3.63) is 71.7 Å². The molecule has 3 aromatic rings. The third-order valence-corrected chi connectivity index (χ3v) is 7.93. The molecule has 0 bridgehead atoms. The van der Waals surface area contributed by atoms with Crippen LogP contribution in [-0.4, -0.2) is 47.7 Å². The Morgan fingerprint density at radius 1 is 1.10 bits per heavy atom. The van der Waals surface area contributed by atoms with Crippen LogP contribution < -0.4 is 10.6 Å². The molecule has 204 valence electrons. The van der Waals surface area contributed by atoms with E-state index in [4.69, 9.17) is 6.42 Å². The highest BCUT2D eigenvalue weighted by molar-refractivity contribution is 7.89. The lowest BCUT2D eigenvalue weighted by Gasteiger charge is -2.23. The highest BCUT2D eigenvalue weighted by atomic mass is 32.2. The van der Waals surface area contributed by atoms with Crippen molar-refractivity contribution >= 4 is 21.9 Å². The van der Waals surface area contributed by atoms with Crippen LogP contribution in [0.1, 0.15) is 24.1 Å². The minimum absolute atomic E-state index is 0.0839. The van der Waals surface area contributed by atoms with Gasteiger partial charge in [0.05, 0.1) is 34.9 Å². The van der Waals surface area contributed by atoms with Gasteiger partial charge < -0.3 is 10.6 Å². The minimum atomic E-state index is -4.49. The van der Waals surface area contributed by atoms with Crippen LogP contribution in [0.5, 0.6) is 0 Å². The Hall–Kier alpha value is -4.02. The van der Waals surface area contributed by atoms with Crippen LogP contribution >= 0.6 is 0 Å². The van der Waals surface area contributed by atoms with Crippen LogP contribution in [0.2, 0.25) is 0 Å². The number of halogens is 4. The van der Waals surface area contributed by atoms with Gasteiger partial charge in [0.25, 0.3) is 0 Å². The van der Waals surface area contributed by atoms with Gasteiger partial charge in [-0.25, -0.2) is 22.8 Å². The minimum Gasteiger partial charge on any atom is -0.349 e. The average Bonchev–Trinajstić information content (AvgIpc) is 3.42. The van der Waals surface area contributed by atoms with Gasteiger partial charge >= 0.3 is 6.18 Å². The molecule has 1 fully saturated rings. The second kappa shape index (κ2) is 11.4. The summed E-state index contributed by atoms with van der Waals surface area (Å²) in [6.07, 6.45) is 1.55. The second-order valence-electron chi connectivity index (χ2n) is 8.65. The molecule has 1 aromatic heterocycles. The first-order chi connectivity index (χ1) is 18.5. The maximum Gasteiger partial charge on any atom is 0.416 e. The fraction of sp³-hybridized carbons (Fsp3) is 0.269. The molecule has 0 spiro atoms. The number of aromatic nitrogens is 2. The Morgan fingerprint density at radius 2 is 1.79 bits per heavy atom. The van der Waals surface area contributed by atoms with Gasteiger partial charge in [-0.15, -0.1) is 6.42 Å². The lowest BCUT2D eigenvalue weighted by atomic mass is 10.1. The third kappa shape index (κ3) is 6.52. The summed E-state index contributed by atoms with van der Waals surface area (Å²) in [5.74, 6) is 1.35. The van der Waals surface area contributed by atoms with E-state index >= 15 is 0 Å². The fourth-order valence-electron chi connectivity index (χ4n) is 4.10. The topological polar surface area (TPSA) is 104 Å². The molecule has 1 unspecified atom stereocenters. The number of carbonyl (C=O) groups excluding carboxylic acids is 1. The molecular weight excluding hydrogens is 538 g/mol. The zero-order valence-corrected chi connectivity index (χ0v) is 21.2. The number of hydrogen-bond donors (Lipinski definition) is 2. The summed E-state index contributed by atoms with van der Waals surface area (Å²) in [6, 6.07) is 9.30. The normalized spacial score (nSPS) is 16.0. The highest BCUT2D eigenvalue weighted by Gasteiger charge is 2.39. The summed E-state index contributed by atoms with van der Waals surface area (Å²) in [5, 5.41) is 5.49. The van der Waals surface area contributed by atoms with E-state index in [0.29, 0.717) is 29.8 Å². The molecule has 1 amide bonds. The zero-order chi connectivity index (χ0) is 28.2. The molecule has 0 saturated carbocycles. The molecule has 1 saturated heterocycles. The molecule has 0 radical (unpaired) electrons. The quantitative estimate of drug-likeness (QED) is 0.320. The first kappa shape index (κ1) is 28.0. The summed E-state index contributed by atoms with van der Waals surface area (Å²) in [5.41, 5.74) is 0.187. The van der Waals surface area contributed by atoms with Crippen molar-refractivity contribution in [3.8, 4) is 23.6 Å². The van der Waals surface area contributed by atoms with E-state index in [9.17, 15) is 30.8 Å². The van der Waals surface area contributed by atoms with E-state index in [1.165, 1.54) is 18.2 Å². The van der Waals surface area contributed by atoms with Gasteiger partial charge in [0.2, 0.25) is 21.9 Å². The summed E-state index contributed by atoms with van der Waals surface area (Å²) in [4.78, 5) is 21.5. The lowest BCUT2D eigenvalue weighted by Crippen LogP contribution is -2.45. The Bertz CT molecular complexity index is 1490. The predicted octanol–water partition coefficient (Wildman–Crippen LogP) is 3.82. The molecule has 0 aliphatic carbocycles. The molecule has 4 rings (SSSR count). The average molecular weight is 562 g/mol. The number of carbonyl (C=O) groups is 1. The Balaban J connectivity index is 1.53. The zero-order valence-electron chi connectivity index (χ0n) is 20.4. The van der Waals surface area contributed by atoms with Crippen molar-refractivity contribution in [1.29, 1.82) is 0 Å². The monoisotopic (exact) mass is 561 g/mol. The van der Waals surface area contributed by atoms with Crippen molar-refractivity contribution in [2.24, 2.45) is 0 Å². The van der Waals surface area contributed by atoms with Gasteiger partial charge in [-0.05, 0) is 55.3 Å². The molecule has 2 heterocycles. The summed E-state index contributed by atoms with van der Waals surface area (Å²) >= 11 is 0. The predicted molar refractivity (Wildman–Crippen MR) is 135 cm³/mol. The van der Waals surface area contributed by atoms with E-state index < -0.39 is 39.5 Å². The molecule has 8 nitrogen and oxygen atoms in total. The number of terminal acetylenes is 1. The van der Waals surface area contributed by atoms with Gasteiger partial charge in [0, 0.05) is 12.1 Å². The van der Waals surface area contributed by atoms with Crippen LogP contribution in [0.25, 0.3) is 11.3 Å². The molecule has 1 aliphatic heterocycles. The number of sulfonamides is 1. The molecule has 1 aliphatic rings. The maximum absolute atomic E-state index is 13.3. The first-order valence-corrected chi connectivity index (χ1v) is 13.2. The third-order valence-electron chi connectivity index (χ3n) is 6.01. The van der Waals surface area contributed by atoms with Crippen LogP contribution in [0.4, 0.5) is 23.5 Å². The van der Waals surface area contributed by atoms with Crippen molar-refractivity contribution in [2.45, 2.75) is 36.5 Å². The largest absolute Gasteiger partial charge is 0.416 e. The van der Waals surface area contributed by atoms with Crippen molar-refractivity contribution in [2.75, 3.05) is 18.4 Å². The Labute approximate surface area is 222 Å². The molecule has 13 heteroatoms. The standard InChI is InChI=1S/C26H23F4N5O3S/c1-2-13-31-25-33-20(15-22(34-25)17-5-7-18(8-6-17)26(28,29)30)16-32-24(36)23-4-3-14-35(23)39(37,38)21-11-9-19(27)10-12-21/h1,5-12,15,23H,3-4,13-14,16H2,(H,32,36)(H,31,33,34). The second-order valence-corrected chi connectivity index (χ2v) is 10.5. The first-order valence-electron chi connectivity index (χ1n) is 11.8. The fourth-order valence-corrected chi connectivity index (χ4v) is 5.76. The van der Waals surface area contributed by atoms with Gasteiger partial charge in [0.15, 0.2) is 0 Å². The van der Waals surface area contributed by atoms with E-state index in [2.05, 4.69) is 26.5 Å². The number of alkyl halides is 3. The number of anilines is 1. The lowest BCUT2D eigenvalue weighted by molar-refractivity contribution is -0.137. The van der Waals surface area contributed by atoms with Gasteiger partial charge in [-0.1, -0.05) is 18.1 Å². The highest BCUT2D eigenvalue weighted by Crippen LogP contribution is 2.31. The van der Waals surface area contributed by atoms with Crippen LogP contribution in [0.15, 0.2) is 59.5 Å². The number of rotatable bonds is 8. The number of benzene rings is 2. The van der Waals surface area contributed by atoms with Crippen molar-refractivity contribution < 1.29 is 30.8 Å². The van der Waals surface area contributed by atoms with Gasteiger partial charge in [0.1, 0.15) is 11.9 Å². The number of nitrogens with zero attached hydrogens (tertiary/aromatic N) is 3. The van der Waals surface area contributed by atoms with Crippen molar-refractivity contribution in [3.63, 3.8) is 0 Å². The van der Waals surface area contributed by atoms with Crippen LogP contribution in [-0.2, 0) is 27.5 Å². The summed E-state index contributed by atoms with van der Waals surface area (Å²) in [6.45, 7) is 0.102. The van der Waals surface area contributed by atoms with Crippen LogP contribution in [0, 0.1) is 18.2 Å². The number of amides is 1. The smallest absolute Gasteiger partial charge is 0.349 e. The van der Waals surface area contributed by atoms with Crippen LogP contribution in [0.3, 0.4) is 0 Å².